The standard InChI is InChI=1S/C14H17BrFNO/c1-9(13-5-3-11(15)7-14(13)16)17-12-4-2-10(6-12)8-18/h2-5,7,9-10,12,17-18H,6,8H2,1H3/t9-,10-,12+/m0/s1. The molecule has 0 fully saturated rings. The summed E-state index contributed by atoms with van der Waals surface area (Å²) in [5.74, 6) is 0.0227. The summed E-state index contributed by atoms with van der Waals surface area (Å²) in [6.07, 6.45) is 4.94. The van der Waals surface area contributed by atoms with Gasteiger partial charge >= 0.3 is 0 Å². The quantitative estimate of drug-likeness (QED) is 0.837. The summed E-state index contributed by atoms with van der Waals surface area (Å²) in [6.45, 7) is 2.13. The van der Waals surface area contributed by atoms with Gasteiger partial charge in [0, 0.05) is 34.6 Å². The van der Waals surface area contributed by atoms with Crippen LogP contribution in [-0.4, -0.2) is 17.8 Å². The molecule has 0 unspecified atom stereocenters. The van der Waals surface area contributed by atoms with Crippen LogP contribution in [0.25, 0.3) is 0 Å². The Morgan fingerprint density at radius 1 is 1.50 bits per heavy atom. The molecule has 0 bridgehead atoms. The van der Waals surface area contributed by atoms with Gasteiger partial charge in [-0.15, -0.1) is 0 Å². The molecular formula is C14H17BrFNO. The predicted molar refractivity (Wildman–Crippen MR) is 73.8 cm³/mol. The van der Waals surface area contributed by atoms with Crippen molar-refractivity contribution >= 4 is 15.9 Å². The van der Waals surface area contributed by atoms with Crippen LogP contribution in [0.4, 0.5) is 4.39 Å². The zero-order chi connectivity index (χ0) is 13.1. The predicted octanol–water partition coefficient (Wildman–Crippen LogP) is 3.18. The third kappa shape index (κ3) is 3.19. The highest BCUT2D eigenvalue weighted by Crippen LogP contribution is 2.24. The maximum absolute atomic E-state index is 13.8. The molecule has 1 aromatic rings. The van der Waals surface area contributed by atoms with Crippen molar-refractivity contribution in [2.24, 2.45) is 5.92 Å². The Kier molecular flexibility index (Phi) is 4.54. The summed E-state index contributed by atoms with van der Waals surface area (Å²) < 4.78 is 14.5. The zero-order valence-corrected chi connectivity index (χ0v) is 11.8. The van der Waals surface area contributed by atoms with Crippen molar-refractivity contribution in [1.82, 2.24) is 5.32 Å². The van der Waals surface area contributed by atoms with Crippen LogP contribution in [0.5, 0.6) is 0 Å². The molecule has 0 spiro atoms. The van der Waals surface area contributed by atoms with Gasteiger partial charge in [0.1, 0.15) is 5.82 Å². The minimum absolute atomic E-state index is 0.0507. The van der Waals surface area contributed by atoms with Gasteiger partial charge in [-0.05, 0) is 25.5 Å². The lowest BCUT2D eigenvalue weighted by Crippen LogP contribution is -2.29. The van der Waals surface area contributed by atoms with Crippen LogP contribution in [0.15, 0.2) is 34.8 Å². The first-order chi connectivity index (χ1) is 8.60. The summed E-state index contributed by atoms with van der Waals surface area (Å²) in [4.78, 5) is 0. The Bertz CT molecular complexity index is 449. The van der Waals surface area contributed by atoms with E-state index in [0.717, 1.165) is 10.9 Å². The van der Waals surface area contributed by atoms with Gasteiger partial charge in [-0.1, -0.05) is 34.1 Å². The van der Waals surface area contributed by atoms with Crippen molar-refractivity contribution in [1.29, 1.82) is 0 Å². The van der Waals surface area contributed by atoms with Crippen LogP contribution in [0.3, 0.4) is 0 Å². The fourth-order valence-electron chi connectivity index (χ4n) is 2.30. The molecule has 0 aromatic heterocycles. The van der Waals surface area contributed by atoms with Gasteiger partial charge in [-0.25, -0.2) is 4.39 Å². The molecule has 18 heavy (non-hydrogen) atoms. The highest BCUT2D eigenvalue weighted by molar-refractivity contribution is 9.10. The largest absolute Gasteiger partial charge is 0.396 e. The average Bonchev–Trinajstić information content (AvgIpc) is 2.76. The molecule has 98 valence electrons. The van der Waals surface area contributed by atoms with E-state index in [9.17, 15) is 4.39 Å². The van der Waals surface area contributed by atoms with E-state index in [2.05, 4.69) is 21.2 Å². The first-order valence-corrected chi connectivity index (χ1v) is 6.89. The Hall–Kier alpha value is -0.710. The molecule has 2 rings (SSSR count). The van der Waals surface area contributed by atoms with E-state index in [0.29, 0.717) is 5.56 Å². The maximum Gasteiger partial charge on any atom is 0.129 e. The van der Waals surface area contributed by atoms with Gasteiger partial charge in [0.25, 0.3) is 0 Å². The molecule has 4 heteroatoms. The van der Waals surface area contributed by atoms with Crippen LogP contribution in [0.1, 0.15) is 24.9 Å². The number of halogens is 2. The molecule has 1 aliphatic carbocycles. The maximum atomic E-state index is 13.8. The molecule has 0 aliphatic heterocycles. The van der Waals surface area contributed by atoms with Crippen molar-refractivity contribution < 1.29 is 9.50 Å². The molecule has 2 nitrogen and oxygen atoms in total. The van der Waals surface area contributed by atoms with E-state index in [4.69, 9.17) is 5.11 Å². The summed E-state index contributed by atoms with van der Waals surface area (Å²) >= 11 is 3.25. The normalized spacial score (nSPS) is 24.4. The van der Waals surface area contributed by atoms with Crippen molar-refractivity contribution in [2.75, 3.05) is 6.61 Å². The number of hydrogen-bond donors (Lipinski definition) is 2. The first kappa shape index (κ1) is 13.7. The number of nitrogens with one attached hydrogen (secondary N) is 1. The molecule has 0 saturated carbocycles. The molecule has 0 amide bonds. The van der Waals surface area contributed by atoms with Crippen molar-refractivity contribution in [3.63, 3.8) is 0 Å². The van der Waals surface area contributed by atoms with Gasteiger partial charge in [0.15, 0.2) is 0 Å². The summed E-state index contributed by atoms with van der Waals surface area (Å²) in [5, 5.41) is 12.4. The van der Waals surface area contributed by atoms with E-state index >= 15 is 0 Å². The van der Waals surface area contributed by atoms with Crippen molar-refractivity contribution in [3.05, 3.63) is 46.2 Å². The van der Waals surface area contributed by atoms with Crippen LogP contribution < -0.4 is 5.32 Å². The number of hydrogen-bond acceptors (Lipinski definition) is 2. The van der Waals surface area contributed by atoms with Crippen molar-refractivity contribution in [2.45, 2.75) is 25.4 Å². The smallest absolute Gasteiger partial charge is 0.129 e. The van der Waals surface area contributed by atoms with Gasteiger partial charge in [-0.2, -0.15) is 0 Å². The minimum atomic E-state index is -0.204. The molecular weight excluding hydrogens is 297 g/mol. The molecule has 2 N–H and O–H groups in total. The van der Waals surface area contributed by atoms with Gasteiger partial charge in [0.05, 0.1) is 0 Å². The van der Waals surface area contributed by atoms with Crippen LogP contribution in [-0.2, 0) is 0 Å². The van der Waals surface area contributed by atoms with Crippen LogP contribution >= 0.6 is 15.9 Å². The molecule has 0 radical (unpaired) electrons. The minimum Gasteiger partial charge on any atom is -0.396 e. The lowest BCUT2D eigenvalue weighted by atomic mass is 10.1. The monoisotopic (exact) mass is 313 g/mol. The number of benzene rings is 1. The van der Waals surface area contributed by atoms with Crippen LogP contribution in [0, 0.1) is 11.7 Å². The number of aliphatic hydroxyl groups excluding tert-OH is 1. The van der Waals surface area contributed by atoms with E-state index in [-0.39, 0.29) is 30.4 Å². The molecule has 3 atom stereocenters. The Balaban J connectivity index is 2.00. The Morgan fingerprint density at radius 3 is 2.89 bits per heavy atom. The summed E-state index contributed by atoms with van der Waals surface area (Å²) in [6, 6.07) is 5.27. The zero-order valence-electron chi connectivity index (χ0n) is 10.2. The van der Waals surface area contributed by atoms with Crippen LogP contribution in [0.2, 0.25) is 0 Å². The second-order valence-corrected chi connectivity index (χ2v) is 5.64. The third-order valence-corrected chi connectivity index (χ3v) is 3.79. The lowest BCUT2D eigenvalue weighted by molar-refractivity contribution is 0.245. The number of aliphatic hydroxyl groups is 1. The average molecular weight is 314 g/mol. The topological polar surface area (TPSA) is 32.3 Å². The first-order valence-electron chi connectivity index (χ1n) is 6.10. The highest BCUT2D eigenvalue weighted by Gasteiger charge is 2.21. The van der Waals surface area contributed by atoms with E-state index in [1.165, 1.54) is 6.07 Å². The summed E-state index contributed by atoms with van der Waals surface area (Å²) in [7, 11) is 0. The fourth-order valence-corrected chi connectivity index (χ4v) is 2.63. The SMILES string of the molecule is C[C@H](N[C@@H]1C=C[C@H](CO)C1)c1ccc(Br)cc1F. The molecule has 0 saturated heterocycles. The van der Waals surface area contributed by atoms with Gasteiger partial charge < -0.3 is 10.4 Å². The molecule has 1 aliphatic rings. The van der Waals surface area contributed by atoms with E-state index in [1.54, 1.807) is 6.07 Å². The highest BCUT2D eigenvalue weighted by atomic mass is 79.9. The third-order valence-electron chi connectivity index (χ3n) is 3.30. The lowest BCUT2D eigenvalue weighted by Gasteiger charge is -2.20. The Labute approximate surface area is 115 Å². The van der Waals surface area contributed by atoms with Gasteiger partial charge in [0.2, 0.25) is 0 Å². The van der Waals surface area contributed by atoms with E-state index in [1.807, 2.05) is 25.1 Å². The second-order valence-electron chi connectivity index (χ2n) is 4.72. The summed E-state index contributed by atoms with van der Waals surface area (Å²) in [5.41, 5.74) is 0.666. The fraction of sp³-hybridized carbons (Fsp3) is 0.429. The number of rotatable bonds is 4. The Morgan fingerprint density at radius 2 is 2.28 bits per heavy atom. The molecule has 0 heterocycles. The van der Waals surface area contributed by atoms with E-state index < -0.39 is 0 Å². The van der Waals surface area contributed by atoms with Crippen molar-refractivity contribution in [3.8, 4) is 0 Å². The van der Waals surface area contributed by atoms with Gasteiger partial charge in [-0.3, -0.25) is 0 Å². The second kappa shape index (κ2) is 5.95. The molecule has 1 aromatic carbocycles.